The molecule has 0 saturated carbocycles. The molecule has 1 aliphatic heterocycles. The van der Waals surface area contributed by atoms with E-state index in [-0.39, 0.29) is 5.54 Å². The molecule has 0 saturated heterocycles. The van der Waals surface area contributed by atoms with Crippen LogP contribution in [0.1, 0.15) is 22.9 Å². The van der Waals surface area contributed by atoms with Gasteiger partial charge < -0.3 is 5.32 Å². The van der Waals surface area contributed by atoms with E-state index < -0.39 is 0 Å². The third-order valence-electron chi connectivity index (χ3n) is 4.36. The lowest BCUT2D eigenvalue weighted by Gasteiger charge is -2.35. The summed E-state index contributed by atoms with van der Waals surface area (Å²) in [5, 5.41) is 5.18. The summed E-state index contributed by atoms with van der Waals surface area (Å²) < 4.78 is 1.41. The summed E-state index contributed by atoms with van der Waals surface area (Å²) in [6, 6.07) is 19.6. The summed E-state index contributed by atoms with van der Waals surface area (Å²) in [6.07, 6.45) is 1.13. The van der Waals surface area contributed by atoms with Gasteiger partial charge in [0.15, 0.2) is 0 Å². The minimum absolute atomic E-state index is 0.0570. The second-order valence-corrected chi connectivity index (χ2v) is 6.63. The Bertz CT molecular complexity index is 759. The molecule has 1 atom stereocenters. The Kier molecular flexibility index (Phi) is 2.69. The van der Waals surface area contributed by atoms with Crippen molar-refractivity contribution in [2.45, 2.75) is 18.9 Å². The first-order valence-corrected chi connectivity index (χ1v) is 7.92. The lowest BCUT2D eigenvalue weighted by Crippen LogP contribution is -2.44. The van der Waals surface area contributed by atoms with Gasteiger partial charge in [0, 0.05) is 16.1 Å². The molecule has 0 spiro atoms. The van der Waals surface area contributed by atoms with E-state index in [0.29, 0.717) is 0 Å². The standard InChI is InChI=1S/C18H17NS/c1-18(13-7-3-2-4-8-13)17-15(11-12-19-18)14-9-5-6-10-16(14)20-17/h2-10,19H,11-12H2,1H3. The fourth-order valence-electron chi connectivity index (χ4n) is 3.27. The SMILES string of the molecule is CC1(c2ccccc2)NCCc2c1sc1ccccc21. The van der Waals surface area contributed by atoms with Gasteiger partial charge in [0.25, 0.3) is 0 Å². The number of fused-ring (bicyclic) bond motifs is 3. The molecule has 1 aromatic heterocycles. The quantitative estimate of drug-likeness (QED) is 0.700. The monoisotopic (exact) mass is 279 g/mol. The molecule has 0 amide bonds. The molecule has 1 N–H and O–H groups in total. The van der Waals surface area contributed by atoms with Gasteiger partial charge >= 0.3 is 0 Å². The summed E-state index contributed by atoms with van der Waals surface area (Å²) in [5.74, 6) is 0. The Balaban J connectivity index is 1.99. The second-order valence-electron chi connectivity index (χ2n) is 5.57. The average molecular weight is 279 g/mol. The summed E-state index contributed by atoms with van der Waals surface area (Å²) >= 11 is 1.94. The fourth-order valence-corrected chi connectivity index (χ4v) is 4.67. The molecule has 4 rings (SSSR count). The predicted molar refractivity (Wildman–Crippen MR) is 86.4 cm³/mol. The van der Waals surface area contributed by atoms with Gasteiger partial charge in [-0.2, -0.15) is 0 Å². The molecule has 2 aromatic carbocycles. The summed E-state index contributed by atoms with van der Waals surface area (Å²) in [5.41, 5.74) is 2.83. The minimum Gasteiger partial charge on any atom is -0.303 e. The van der Waals surface area contributed by atoms with Crippen LogP contribution in [0.15, 0.2) is 54.6 Å². The van der Waals surface area contributed by atoms with E-state index in [1.165, 1.54) is 26.1 Å². The Hall–Kier alpha value is -1.64. The molecule has 1 aliphatic rings. The zero-order valence-corrected chi connectivity index (χ0v) is 12.3. The van der Waals surface area contributed by atoms with Gasteiger partial charge in [-0.15, -0.1) is 11.3 Å². The van der Waals surface area contributed by atoms with Crippen LogP contribution < -0.4 is 5.32 Å². The van der Waals surface area contributed by atoms with Crippen molar-refractivity contribution in [2.75, 3.05) is 6.54 Å². The van der Waals surface area contributed by atoms with E-state index in [9.17, 15) is 0 Å². The number of benzene rings is 2. The van der Waals surface area contributed by atoms with Crippen LogP contribution in [0.5, 0.6) is 0 Å². The molecule has 0 fully saturated rings. The molecule has 1 unspecified atom stereocenters. The van der Waals surface area contributed by atoms with Crippen molar-refractivity contribution in [1.29, 1.82) is 0 Å². The predicted octanol–water partition coefficient (Wildman–Crippen LogP) is 4.31. The molecule has 1 nitrogen and oxygen atoms in total. The molecular formula is C18H17NS. The third-order valence-corrected chi connectivity index (χ3v) is 5.79. The first kappa shape index (κ1) is 12.1. The average Bonchev–Trinajstić information content (AvgIpc) is 2.89. The molecule has 0 radical (unpaired) electrons. The minimum atomic E-state index is -0.0570. The smallest absolute Gasteiger partial charge is 0.0759 e. The van der Waals surface area contributed by atoms with Crippen molar-refractivity contribution in [3.63, 3.8) is 0 Å². The van der Waals surface area contributed by atoms with E-state index in [1.54, 1.807) is 0 Å². The highest BCUT2D eigenvalue weighted by molar-refractivity contribution is 7.19. The molecule has 20 heavy (non-hydrogen) atoms. The van der Waals surface area contributed by atoms with Gasteiger partial charge in [-0.1, -0.05) is 48.5 Å². The number of thiophene rings is 1. The Labute approximate surface area is 123 Å². The molecule has 0 bridgehead atoms. The van der Waals surface area contributed by atoms with Gasteiger partial charge in [-0.25, -0.2) is 0 Å². The first-order valence-electron chi connectivity index (χ1n) is 7.10. The summed E-state index contributed by atoms with van der Waals surface area (Å²) in [7, 11) is 0. The van der Waals surface area contributed by atoms with Crippen LogP contribution in [0.3, 0.4) is 0 Å². The lowest BCUT2D eigenvalue weighted by molar-refractivity contribution is 0.425. The van der Waals surface area contributed by atoms with Crippen molar-refractivity contribution in [2.24, 2.45) is 0 Å². The van der Waals surface area contributed by atoms with Crippen molar-refractivity contribution < 1.29 is 0 Å². The maximum Gasteiger partial charge on any atom is 0.0759 e. The van der Waals surface area contributed by atoms with Gasteiger partial charge in [0.2, 0.25) is 0 Å². The summed E-state index contributed by atoms with van der Waals surface area (Å²) in [6.45, 7) is 3.36. The van der Waals surface area contributed by atoms with Gasteiger partial charge in [-0.05, 0) is 35.9 Å². The largest absolute Gasteiger partial charge is 0.303 e. The zero-order valence-electron chi connectivity index (χ0n) is 11.5. The second kappa shape index (κ2) is 4.44. The zero-order chi connectivity index (χ0) is 13.6. The highest BCUT2D eigenvalue weighted by atomic mass is 32.1. The van der Waals surface area contributed by atoms with Crippen LogP contribution in [0, 0.1) is 0 Å². The van der Waals surface area contributed by atoms with Crippen LogP contribution in [0.25, 0.3) is 10.1 Å². The Morgan fingerprint density at radius 2 is 1.75 bits per heavy atom. The van der Waals surface area contributed by atoms with E-state index in [4.69, 9.17) is 0 Å². The number of hydrogen-bond donors (Lipinski definition) is 1. The van der Waals surface area contributed by atoms with Crippen LogP contribution in [-0.2, 0) is 12.0 Å². The number of nitrogens with one attached hydrogen (secondary N) is 1. The van der Waals surface area contributed by atoms with E-state index in [2.05, 4.69) is 66.8 Å². The van der Waals surface area contributed by atoms with Crippen molar-refractivity contribution in [3.05, 3.63) is 70.6 Å². The Morgan fingerprint density at radius 3 is 2.60 bits per heavy atom. The molecule has 2 heteroatoms. The highest BCUT2D eigenvalue weighted by Crippen LogP contribution is 2.43. The van der Waals surface area contributed by atoms with E-state index in [0.717, 1.165) is 13.0 Å². The maximum atomic E-state index is 3.74. The molecular weight excluding hydrogens is 262 g/mol. The van der Waals surface area contributed by atoms with Gasteiger partial charge in [0.1, 0.15) is 0 Å². The molecule has 100 valence electrons. The van der Waals surface area contributed by atoms with E-state index >= 15 is 0 Å². The van der Waals surface area contributed by atoms with Crippen molar-refractivity contribution in [3.8, 4) is 0 Å². The molecule has 0 aliphatic carbocycles. The third kappa shape index (κ3) is 1.65. The van der Waals surface area contributed by atoms with Gasteiger partial charge in [-0.3, -0.25) is 0 Å². The lowest BCUT2D eigenvalue weighted by atomic mass is 9.84. The number of rotatable bonds is 1. The number of hydrogen-bond acceptors (Lipinski definition) is 2. The molecule has 3 aromatic rings. The summed E-state index contributed by atoms with van der Waals surface area (Å²) in [4.78, 5) is 1.48. The highest BCUT2D eigenvalue weighted by Gasteiger charge is 2.35. The van der Waals surface area contributed by atoms with Crippen molar-refractivity contribution >= 4 is 21.4 Å². The maximum absolute atomic E-state index is 3.74. The topological polar surface area (TPSA) is 12.0 Å². The van der Waals surface area contributed by atoms with Crippen LogP contribution in [-0.4, -0.2) is 6.54 Å². The van der Waals surface area contributed by atoms with Crippen LogP contribution in [0.4, 0.5) is 0 Å². The first-order chi connectivity index (χ1) is 9.79. The normalized spacial score (nSPS) is 21.9. The van der Waals surface area contributed by atoms with Gasteiger partial charge in [0.05, 0.1) is 5.54 Å². The molecule has 2 heterocycles. The van der Waals surface area contributed by atoms with Crippen LogP contribution >= 0.6 is 11.3 Å². The van der Waals surface area contributed by atoms with E-state index in [1.807, 2.05) is 11.3 Å². The fraction of sp³-hybridized carbons (Fsp3) is 0.222. The Morgan fingerprint density at radius 1 is 1.00 bits per heavy atom. The van der Waals surface area contributed by atoms with Crippen molar-refractivity contribution in [1.82, 2.24) is 5.32 Å². The van der Waals surface area contributed by atoms with Crippen LogP contribution in [0.2, 0.25) is 0 Å².